The lowest BCUT2D eigenvalue weighted by molar-refractivity contribution is -0.122. The summed E-state index contributed by atoms with van der Waals surface area (Å²) >= 11 is 0. The normalized spacial score (nSPS) is 13.4. The van der Waals surface area contributed by atoms with Crippen LogP contribution in [0.2, 0.25) is 0 Å². The Morgan fingerprint density at radius 3 is 2.60 bits per heavy atom. The number of rotatable bonds is 5. The molecule has 3 N–H and O–H groups in total. The van der Waals surface area contributed by atoms with E-state index in [9.17, 15) is 4.79 Å². The van der Waals surface area contributed by atoms with Crippen molar-refractivity contribution in [2.45, 2.75) is 13.5 Å². The highest BCUT2D eigenvalue weighted by Gasteiger charge is 2.18. The number of carboxylic acid groups (broad SMARTS) is 1. The molecule has 1 aliphatic rings. The van der Waals surface area contributed by atoms with Crippen molar-refractivity contribution in [1.29, 1.82) is 5.26 Å². The number of nitrogens with one attached hydrogen (secondary N) is 2. The van der Waals surface area contributed by atoms with E-state index in [1.807, 2.05) is 31.2 Å². The predicted octanol–water partition coefficient (Wildman–Crippen LogP) is 1.51. The molecule has 1 saturated heterocycles. The van der Waals surface area contributed by atoms with E-state index < -0.39 is 0 Å². The summed E-state index contributed by atoms with van der Waals surface area (Å²) in [6.45, 7) is 6.68. The van der Waals surface area contributed by atoms with Crippen LogP contribution in [0.1, 0.15) is 18.2 Å². The summed E-state index contributed by atoms with van der Waals surface area (Å²) < 4.78 is 0. The Balaban J connectivity index is 0.00000101. The van der Waals surface area contributed by atoms with E-state index in [0.29, 0.717) is 18.1 Å². The molecule has 2 aromatic heterocycles. The molecule has 0 aromatic carbocycles. The van der Waals surface area contributed by atoms with Gasteiger partial charge in [-0.15, -0.1) is 0 Å². The molecule has 0 saturated carbocycles. The molecule has 0 bridgehead atoms. The van der Waals surface area contributed by atoms with Gasteiger partial charge >= 0.3 is 6.03 Å². The Morgan fingerprint density at radius 1 is 1.27 bits per heavy atom. The van der Waals surface area contributed by atoms with E-state index >= 15 is 0 Å². The number of piperazine rings is 1. The zero-order valence-electron chi connectivity index (χ0n) is 16.8. The topological polar surface area (TPSA) is 134 Å². The van der Waals surface area contributed by atoms with Gasteiger partial charge in [0.25, 0.3) is 6.47 Å². The van der Waals surface area contributed by atoms with Crippen molar-refractivity contribution in [2.75, 3.05) is 42.9 Å². The standard InChI is InChI=1S/C19H23N7O.CH2O2/c1-2-21-19(27)24-18-11-15(5-6-22-18)14-25-7-9-26(10-8-25)17-4-3-16(12-20)23-13-17;2-1-3/h3-6,11,13H,2,7-10,14H2,1H3,(H2,21,22,24,27);1H,(H,2,3). The molecule has 1 fully saturated rings. The van der Waals surface area contributed by atoms with Crippen molar-refractivity contribution in [3.8, 4) is 6.07 Å². The van der Waals surface area contributed by atoms with Crippen molar-refractivity contribution in [3.63, 3.8) is 0 Å². The molecule has 10 heteroatoms. The maximum absolute atomic E-state index is 11.6. The summed E-state index contributed by atoms with van der Waals surface area (Å²) in [4.78, 5) is 33.0. The van der Waals surface area contributed by atoms with E-state index in [-0.39, 0.29) is 12.5 Å². The number of hydrogen-bond acceptors (Lipinski definition) is 7. The third kappa shape index (κ3) is 7.03. The van der Waals surface area contributed by atoms with Crippen molar-refractivity contribution in [1.82, 2.24) is 20.2 Å². The van der Waals surface area contributed by atoms with Crippen molar-refractivity contribution in [2.24, 2.45) is 0 Å². The average Bonchev–Trinajstić information content (AvgIpc) is 2.75. The molecule has 0 spiro atoms. The molecule has 0 unspecified atom stereocenters. The Morgan fingerprint density at radius 2 is 2.00 bits per heavy atom. The molecule has 0 atom stereocenters. The average molecular weight is 411 g/mol. The van der Waals surface area contributed by atoms with Gasteiger partial charge in [0, 0.05) is 45.5 Å². The van der Waals surface area contributed by atoms with Gasteiger partial charge in [-0.25, -0.2) is 14.8 Å². The van der Waals surface area contributed by atoms with Gasteiger partial charge in [-0.2, -0.15) is 5.26 Å². The fourth-order valence-corrected chi connectivity index (χ4v) is 3.02. The summed E-state index contributed by atoms with van der Waals surface area (Å²) in [6.07, 6.45) is 3.48. The Hall–Kier alpha value is -3.71. The summed E-state index contributed by atoms with van der Waals surface area (Å²) in [5, 5.41) is 21.2. The van der Waals surface area contributed by atoms with Gasteiger partial charge < -0.3 is 15.3 Å². The smallest absolute Gasteiger partial charge is 0.320 e. The summed E-state index contributed by atoms with van der Waals surface area (Å²) in [6, 6.07) is 9.38. The van der Waals surface area contributed by atoms with Crippen LogP contribution in [0.3, 0.4) is 0 Å². The quantitative estimate of drug-likeness (QED) is 0.630. The largest absolute Gasteiger partial charge is 0.483 e. The number of carbonyl (C=O) groups is 2. The van der Waals surface area contributed by atoms with Crippen molar-refractivity contribution < 1.29 is 14.7 Å². The third-order valence-electron chi connectivity index (χ3n) is 4.41. The Labute approximate surface area is 175 Å². The molecule has 30 heavy (non-hydrogen) atoms. The second-order valence-electron chi connectivity index (χ2n) is 6.42. The second kappa shape index (κ2) is 12.0. The van der Waals surface area contributed by atoms with Gasteiger partial charge in [0.2, 0.25) is 0 Å². The van der Waals surface area contributed by atoms with Crippen LogP contribution in [-0.2, 0) is 11.3 Å². The molecular weight excluding hydrogens is 386 g/mol. The number of hydrogen-bond donors (Lipinski definition) is 3. The molecule has 1 aliphatic heterocycles. The number of nitriles is 1. The molecule has 158 valence electrons. The lowest BCUT2D eigenvalue weighted by atomic mass is 10.2. The van der Waals surface area contributed by atoms with Gasteiger partial charge in [-0.3, -0.25) is 15.0 Å². The third-order valence-corrected chi connectivity index (χ3v) is 4.41. The van der Waals surface area contributed by atoms with Crippen LogP contribution in [-0.4, -0.2) is 65.2 Å². The molecule has 0 aliphatic carbocycles. The van der Waals surface area contributed by atoms with Crippen molar-refractivity contribution >= 4 is 24.0 Å². The first-order chi connectivity index (χ1) is 14.6. The van der Waals surface area contributed by atoms with Crippen LogP contribution >= 0.6 is 0 Å². The second-order valence-corrected chi connectivity index (χ2v) is 6.42. The highest BCUT2D eigenvalue weighted by molar-refractivity contribution is 5.88. The van der Waals surface area contributed by atoms with E-state index in [0.717, 1.165) is 44.0 Å². The zero-order valence-corrected chi connectivity index (χ0v) is 16.8. The first-order valence-electron chi connectivity index (χ1n) is 9.50. The number of amides is 2. The van der Waals surface area contributed by atoms with Crippen LogP contribution in [0.15, 0.2) is 36.7 Å². The van der Waals surface area contributed by atoms with Gasteiger partial charge in [-0.1, -0.05) is 0 Å². The highest BCUT2D eigenvalue weighted by Crippen LogP contribution is 2.17. The molecule has 3 rings (SSSR count). The Bertz CT molecular complexity index is 859. The number of carbonyl (C=O) groups excluding carboxylic acids is 1. The minimum absolute atomic E-state index is 0.244. The first kappa shape index (κ1) is 22.6. The summed E-state index contributed by atoms with van der Waals surface area (Å²) in [5.74, 6) is 0.556. The molecule has 3 heterocycles. The van der Waals surface area contributed by atoms with E-state index in [4.69, 9.17) is 15.2 Å². The molecular formula is C20H25N7O3. The highest BCUT2D eigenvalue weighted by atomic mass is 16.3. The van der Waals surface area contributed by atoms with Gasteiger partial charge in [0.05, 0.1) is 11.9 Å². The van der Waals surface area contributed by atoms with Crippen LogP contribution < -0.4 is 15.5 Å². The van der Waals surface area contributed by atoms with E-state index in [1.165, 1.54) is 0 Å². The lowest BCUT2D eigenvalue weighted by Crippen LogP contribution is -2.46. The summed E-state index contributed by atoms with van der Waals surface area (Å²) in [7, 11) is 0. The zero-order chi connectivity index (χ0) is 21.8. The minimum Gasteiger partial charge on any atom is -0.483 e. The van der Waals surface area contributed by atoms with Gasteiger partial charge in [-0.05, 0) is 36.8 Å². The van der Waals surface area contributed by atoms with Gasteiger partial charge in [0.1, 0.15) is 17.6 Å². The first-order valence-corrected chi connectivity index (χ1v) is 9.50. The molecule has 2 aromatic rings. The van der Waals surface area contributed by atoms with E-state index in [2.05, 4.69) is 30.4 Å². The number of nitrogens with zero attached hydrogens (tertiary/aromatic N) is 5. The monoisotopic (exact) mass is 411 g/mol. The van der Waals surface area contributed by atoms with Crippen LogP contribution in [0.4, 0.5) is 16.3 Å². The van der Waals surface area contributed by atoms with Gasteiger partial charge in [0.15, 0.2) is 0 Å². The number of pyridine rings is 2. The Kier molecular flexibility index (Phi) is 9.02. The minimum atomic E-state index is -0.250. The predicted molar refractivity (Wildman–Crippen MR) is 112 cm³/mol. The SMILES string of the molecule is CCNC(=O)Nc1cc(CN2CCN(c3ccc(C#N)nc3)CC2)ccn1.O=CO. The molecule has 2 amide bonds. The van der Waals surface area contributed by atoms with Crippen LogP contribution in [0.25, 0.3) is 0 Å². The molecule has 0 radical (unpaired) electrons. The number of urea groups is 1. The van der Waals surface area contributed by atoms with Crippen LogP contribution in [0.5, 0.6) is 0 Å². The fourth-order valence-electron chi connectivity index (χ4n) is 3.02. The molecule has 10 nitrogen and oxygen atoms in total. The number of aromatic nitrogens is 2. The van der Waals surface area contributed by atoms with E-state index in [1.54, 1.807) is 18.5 Å². The maximum atomic E-state index is 11.6. The lowest BCUT2D eigenvalue weighted by Gasteiger charge is -2.36. The van der Waals surface area contributed by atoms with Crippen LogP contribution in [0, 0.1) is 11.3 Å². The fraction of sp³-hybridized carbons (Fsp3) is 0.350. The number of anilines is 2. The maximum Gasteiger partial charge on any atom is 0.320 e. The summed E-state index contributed by atoms with van der Waals surface area (Å²) in [5.41, 5.74) is 2.60. The van der Waals surface area contributed by atoms with Crippen molar-refractivity contribution in [3.05, 3.63) is 47.9 Å².